The van der Waals surface area contributed by atoms with E-state index in [1.807, 2.05) is 13.0 Å². The van der Waals surface area contributed by atoms with Gasteiger partial charge in [0.25, 0.3) is 0 Å². The van der Waals surface area contributed by atoms with Crippen LogP contribution in [-0.2, 0) is 4.79 Å². The van der Waals surface area contributed by atoms with Crippen molar-refractivity contribution in [3.05, 3.63) is 16.5 Å². The van der Waals surface area contributed by atoms with Gasteiger partial charge in [0.05, 0.1) is 5.56 Å². The van der Waals surface area contributed by atoms with Crippen LogP contribution in [0, 0.1) is 24.2 Å². The number of nitriles is 1. The van der Waals surface area contributed by atoms with Crippen molar-refractivity contribution in [3.63, 3.8) is 0 Å². The number of aryl methyl sites for hydroxylation is 1. The lowest BCUT2D eigenvalue weighted by Crippen LogP contribution is -2.24. The summed E-state index contributed by atoms with van der Waals surface area (Å²) < 4.78 is 0. The van der Waals surface area contributed by atoms with Crippen LogP contribution in [0.1, 0.15) is 16.9 Å². The van der Waals surface area contributed by atoms with Gasteiger partial charge in [-0.3, -0.25) is 4.79 Å². The lowest BCUT2D eigenvalue weighted by atomic mass is 10.1. The summed E-state index contributed by atoms with van der Waals surface area (Å²) in [4.78, 5) is 14.6. The first-order chi connectivity index (χ1) is 7.65. The summed E-state index contributed by atoms with van der Waals surface area (Å²) in [5.74, 6) is 1.14. The third-order valence-electron chi connectivity index (χ3n) is 2.66. The van der Waals surface area contributed by atoms with Crippen molar-refractivity contribution in [2.45, 2.75) is 13.3 Å². The van der Waals surface area contributed by atoms with E-state index in [9.17, 15) is 4.79 Å². The number of amides is 1. The highest BCUT2D eigenvalue weighted by Crippen LogP contribution is 2.35. The molecule has 0 bridgehead atoms. The predicted octanol–water partition coefficient (Wildman–Crippen LogP) is 2.21. The number of hydrogen-bond donors (Lipinski definition) is 1. The van der Waals surface area contributed by atoms with E-state index in [4.69, 9.17) is 5.26 Å². The van der Waals surface area contributed by atoms with Gasteiger partial charge >= 0.3 is 0 Å². The van der Waals surface area contributed by atoms with Crippen molar-refractivity contribution >= 4 is 34.9 Å². The molecule has 1 atom stereocenters. The smallest absolute Gasteiger partial charge is 0.228 e. The molecule has 0 spiro atoms. The van der Waals surface area contributed by atoms with Crippen molar-refractivity contribution in [2.75, 3.05) is 17.2 Å². The third kappa shape index (κ3) is 1.95. The van der Waals surface area contributed by atoms with Gasteiger partial charge in [0.15, 0.2) is 0 Å². The van der Waals surface area contributed by atoms with Crippen LogP contribution < -0.4 is 4.90 Å². The third-order valence-corrected chi connectivity index (χ3v) is 4.25. The highest BCUT2D eigenvalue weighted by molar-refractivity contribution is 7.80. The zero-order chi connectivity index (χ0) is 11.7. The minimum atomic E-state index is 0.109. The number of carbonyl (C=O) groups excluding carboxylic acids is 1. The molecule has 1 unspecified atom stereocenters. The maximum atomic E-state index is 11.8. The average molecular weight is 252 g/mol. The number of nitrogens with zero attached hydrogens (tertiary/aromatic N) is 2. The van der Waals surface area contributed by atoms with Crippen LogP contribution in [0.3, 0.4) is 0 Å². The van der Waals surface area contributed by atoms with Crippen LogP contribution in [0.5, 0.6) is 0 Å². The molecule has 1 aliphatic rings. The molecule has 0 aliphatic carbocycles. The van der Waals surface area contributed by atoms with Gasteiger partial charge in [0.1, 0.15) is 11.1 Å². The van der Waals surface area contributed by atoms with E-state index in [0.717, 1.165) is 9.88 Å². The van der Waals surface area contributed by atoms with E-state index in [0.29, 0.717) is 30.2 Å². The lowest BCUT2D eigenvalue weighted by Gasteiger charge is -2.14. The monoisotopic (exact) mass is 252 g/mol. The van der Waals surface area contributed by atoms with Gasteiger partial charge in [-0.25, -0.2) is 0 Å². The number of carbonyl (C=O) groups is 1. The Morgan fingerprint density at radius 1 is 1.75 bits per heavy atom. The first-order valence-corrected chi connectivity index (χ1v) is 6.52. The number of thiophene rings is 1. The van der Waals surface area contributed by atoms with Crippen LogP contribution >= 0.6 is 24.0 Å². The molecule has 1 amide bonds. The topological polar surface area (TPSA) is 44.1 Å². The molecule has 1 aromatic rings. The van der Waals surface area contributed by atoms with Gasteiger partial charge in [-0.2, -0.15) is 17.9 Å². The van der Waals surface area contributed by atoms with Crippen molar-refractivity contribution in [2.24, 2.45) is 5.92 Å². The van der Waals surface area contributed by atoms with Gasteiger partial charge < -0.3 is 4.90 Å². The molecule has 0 N–H and O–H groups in total. The molecular weight excluding hydrogens is 240 g/mol. The SMILES string of the molecule is Cc1cc(C#N)c(N2CC(CS)CC2=O)s1. The largest absolute Gasteiger partial charge is 0.302 e. The molecule has 84 valence electrons. The first kappa shape index (κ1) is 11.5. The predicted molar refractivity (Wildman–Crippen MR) is 68.1 cm³/mol. The number of anilines is 1. The second-order valence-electron chi connectivity index (χ2n) is 3.94. The van der Waals surface area contributed by atoms with Crippen molar-refractivity contribution < 1.29 is 4.79 Å². The van der Waals surface area contributed by atoms with E-state index >= 15 is 0 Å². The minimum Gasteiger partial charge on any atom is -0.302 e. The zero-order valence-electron chi connectivity index (χ0n) is 8.93. The van der Waals surface area contributed by atoms with Gasteiger partial charge in [0.2, 0.25) is 5.91 Å². The second-order valence-corrected chi connectivity index (χ2v) is 5.54. The standard InChI is InChI=1S/C11H12N2OS2/c1-7-2-9(4-12)11(16-7)13-5-8(6-15)3-10(13)14/h2,8,15H,3,5-6H2,1H3. The van der Waals surface area contributed by atoms with Crippen LogP contribution in [-0.4, -0.2) is 18.2 Å². The molecular formula is C11H12N2OS2. The fraction of sp³-hybridized carbons (Fsp3) is 0.455. The molecule has 0 saturated carbocycles. The van der Waals surface area contributed by atoms with Gasteiger partial charge in [0, 0.05) is 17.8 Å². The molecule has 1 aliphatic heterocycles. The van der Waals surface area contributed by atoms with Crippen LogP contribution in [0.15, 0.2) is 6.07 Å². The Labute approximate surface area is 104 Å². The Morgan fingerprint density at radius 2 is 2.50 bits per heavy atom. The molecule has 5 heteroatoms. The summed E-state index contributed by atoms with van der Waals surface area (Å²) in [7, 11) is 0. The molecule has 1 fully saturated rings. The Morgan fingerprint density at radius 3 is 3.06 bits per heavy atom. The minimum absolute atomic E-state index is 0.109. The number of rotatable bonds is 2. The van der Waals surface area contributed by atoms with E-state index in [1.54, 1.807) is 4.90 Å². The Bertz CT molecular complexity index is 461. The van der Waals surface area contributed by atoms with Crippen molar-refractivity contribution in [3.8, 4) is 6.07 Å². The highest BCUT2D eigenvalue weighted by Gasteiger charge is 2.31. The second kappa shape index (κ2) is 4.48. The Hall–Kier alpha value is -0.990. The maximum Gasteiger partial charge on any atom is 0.228 e. The molecule has 1 aromatic heterocycles. The van der Waals surface area contributed by atoms with Gasteiger partial charge in [-0.05, 0) is 24.7 Å². The zero-order valence-corrected chi connectivity index (χ0v) is 10.6. The lowest BCUT2D eigenvalue weighted by molar-refractivity contribution is -0.117. The average Bonchev–Trinajstić information content (AvgIpc) is 2.81. The van der Waals surface area contributed by atoms with Gasteiger partial charge in [-0.15, -0.1) is 11.3 Å². The highest BCUT2D eigenvalue weighted by atomic mass is 32.1. The summed E-state index contributed by atoms with van der Waals surface area (Å²) in [5, 5.41) is 9.81. The molecule has 3 nitrogen and oxygen atoms in total. The van der Waals surface area contributed by atoms with E-state index in [-0.39, 0.29) is 5.91 Å². The van der Waals surface area contributed by atoms with Gasteiger partial charge in [-0.1, -0.05) is 0 Å². The van der Waals surface area contributed by atoms with E-state index in [1.165, 1.54) is 11.3 Å². The first-order valence-electron chi connectivity index (χ1n) is 5.07. The van der Waals surface area contributed by atoms with Crippen LogP contribution in [0.2, 0.25) is 0 Å². The molecule has 2 rings (SSSR count). The van der Waals surface area contributed by atoms with Crippen molar-refractivity contribution in [1.82, 2.24) is 0 Å². The molecule has 0 aromatic carbocycles. The van der Waals surface area contributed by atoms with E-state index < -0.39 is 0 Å². The summed E-state index contributed by atoms with van der Waals surface area (Å²) >= 11 is 5.73. The number of hydrogen-bond acceptors (Lipinski definition) is 4. The summed E-state index contributed by atoms with van der Waals surface area (Å²) in [5.41, 5.74) is 0.607. The summed E-state index contributed by atoms with van der Waals surface area (Å²) in [6.45, 7) is 2.64. The fourth-order valence-corrected chi connectivity index (χ4v) is 3.11. The van der Waals surface area contributed by atoms with E-state index in [2.05, 4.69) is 18.7 Å². The van der Waals surface area contributed by atoms with Crippen LogP contribution in [0.4, 0.5) is 5.00 Å². The fourth-order valence-electron chi connectivity index (χ4n) is 1.88. The molecule has 2 heterocycles. The molecule has 0 radical (unpaired) electrons. The van der Waals surface area contributed by atoms with Crippen LogP contribution in [0.25, 0.3) is 0 Å². The quantitative estimate of drug-likeness (QED) is 0.820. The summed E-state index contributed by atoms with van der Waals surface area (Å²) in [6, 6.07) is 3.98. The summed E-state index contributed by atoms with van der Waals surface area (Å²) in [6.07, 6.45) is 0.547. The Kier molecular flexibility index (Phi) is 3.22. The molecule has 1 saturated heterocycles. The maximum absolute atomic E-state index is 11.8. The van der Waals surface area contributed by atoms with Crippen molar-refractivity contribution in [1.29, 1.82) is 5.26 Å². The molecule has 16 heavy (non-hydrogen) atoms. The Balaban J connectivity index is 2.31. The normalized spacial score (nSPS) is 20.2. The number of thiol groups is 1.